The lowest BCUT2D eigenvalue weighted by molar-refractivity contribution is -0.121. The molecule has 2 N–H and O–H groups in total. The third-order valence-electron chi connectivity index (χ3n) is 4.06. The molecule has 24 heavy (non-hydrogen) atoms. The van der Waals surface area contributed by atoms with Gasteiger partial charge in [-0.25, -0.2) is 13.1 Å². The summed E-state index contributed by atoms with van der Waals surface area (Å²) in [5, 5.41) is 2.95. The van der Waals surface area contributed by atoms with Gasteiger partial charge in [0.1, 0.15) is 0 Å². The first-order chi connectivity index (χ1) is 11.6. The lowest BCUT2D eigenvalue weighted by Crippen LogP contribution is -2.32. The molecule has 126 valence electrons. The summed E-state index contributed by atoms with van der Waals surface area (Å²) >= 11 is 0. The summed E-state index contributed by atoms with van der Waals surface area (Å²) in [6.45, 7) is 0.0891. The zero-order chi connectivity index (χ0) is 17.0. The van der Waals surface area contributed by atoms with Gasteiger partial charge < -0.3 is 5.32 Å². The Morgan fingerprint density at radius 2 is 1.62 bits per heavy atom. The van der Waals surface area contributed by atoms with E-state index in [-0.39, 0.29) is 29.8 Å². The van der Waals surface area contributed by atoms with E-state index in [9.17, 15) is 13.2 Å². The highest BCUT2D eigenvalue weighted by molar-refractivity contribution is 7.89. The number of rotatable bonds is 7. The van der Waals surface area contributed by atoms with E-state index >= 15 is 0 Å². The van der Waals surface area contributed by atoms with Crippen molar-refractivity contribution in [3.63, 3.8) is 0 Å². The maximum Gasteiger partial charge on any atom is 0.240 e. The Hall–Kier alpha value is -2.18. The highest BCUT2D eigenvalue weighted by Gasteiger charge is 2.39. The van der Waals surface area contributed by atoms with Crippen molar-refractivity contribution in [3.05, 3.63) is 66.2 Å². The van der Waals surface area contributed by atoms with Crippen molar-refractivity contribution in [2.45, 2.75) is 29.7 Å². The van der Waals surface area contributed by atoms with Crippen molar-refractivity contribution in [2.24, 2.45) is 0 Å². The summed E-state index contributed by atoms with van der Waals surface area (Å²) in [4.78, 5) is 12.2. The van der Waals surface area contributed by atoms with Crippen molar-refractivity contribution in [1.82, 2.24) is 10.0 Å². The molecule has 0 saturated heterocycles. The average Bonchev–Trinajstić information content (AvgIpc) is 3.35. The summed E-state index contributed by atoms with van der Waals surface area (Å²) in [5.41, 5.74) is 1.23. The standard InChI is InChI=1S/C18H20N2O3S/c21-18(20-17-13-16(17)14-7-3-1-4-8-14)11-12-19-24(22,23)15-9-5-2-6-10-15/h1-10,16-17,19H,11-13H2,(H,20,21)/t16-,17-/m0/s1. The largest absolute Gasteiger partial charge is 0.353 e. The predicted molar refractivity (Wildman–Crippen MR) is 92.0 cm³/mol. The van der Waals surface area contributed by atoms with Gasteiger partial charge in [0.25, 0.3) is 0 Å². The summed E-state index contributed by atoms with van der Waals surface area (Å²) < 4.78 is 26.5. The fourth-order valence-corrected chi connectivity index (χ4v) is 3.74. The molecule has 2 aromatic carbocycles. The minimum absolute atomic E-state index is 0.0891. The fourth-order valence-electron chi connectivity index (χ4n) is 2.68. The molecule has 1 saturated carbocycles. The third-order valence-corrected chi connectivity index (χ3v) is 5.54. The lowest BCUT2D eigenvalue weighted by Gasteiger charge is -2.07. The molecule has 6 heteroatoms. The molecule has 1 amide bonds. The van der Waals surface area contributed by atoms with Gasteiger partial charge in [0.05, 0.1) is 4.90 Å². The van der Waals surface area contributed by atoms with Gasteiger partial charge in [0.2, 0.25) is 15.9 Å². The number of nitrogens with one attached hydrogen (secondary N) is 2. The highest BCUT2D eigenvalue weighted by Crippen LogP contribution is 2.40. The Labute approximate surface area is 142 Å². The molecule has 0 bridgehead atoms. The van der Waals surface area contributed by atoms with Crippen molar-refractivity contribution in [1.29, 1.82) is 0 Å². The van der Waals surface area contributed by atoms with E-state index in [4.69, 9.17) is 0 Å². The van der Waals surface area contributed by atoms with E-state index in [0.717, 1.165) is 6.42 Å². The first kappa shape index (κ1) is 16.7. The monoisotopic (exact) mass is 344 g/mol. The Balaban J connectivity index is 1.43. The van der Waals surface area contributed by atoms with Crippen LogP contribution < -0.4 is 10.0 Å². The van der Waals surface area contributed by atoms with Gasteiger partial charge in [-0.1, -0.05) is 48.5 Å². The molecule has 1 fully saturated rings. The molecule has 2 atom stereocenters. The topological polar surface area (TPSA) is 75.3 Å². The van der Waals surface area contributed by atoms with Crippen LogP contribution in [0, 0.1) is 0 Å². The minimum Gasteiger partial charge on any atom is -0.353 e. The molecule has 0 aliphatic heterocycles. The Morgan fingerprint density at radius 1 is 1.00 bits per heavy atom. The van der Waals surface area contributed by atoms with Crippen molar-refractivity contribution >= 4 is 15.9 Å². The zero-order valence-electron chi connectivity index (χ0n) is 13.2. The molecular weight excluding hydrogens is 324 g/mol. The van der Waals surface area contributed by atoms with E-state index < -0.39 is 10.0 Å². The summed E-state index contributed by atoms with van der Waals surface area (Å²) in [7, 11) is -3.55. The minimum atomic E-state index is -3.55. The Morgan fingerprint density at radius 3 is 2.29 bits per heavy atom. The normalized spacial score (nSPS) is 19.7. The van der Waals surface area contributed by atoms with Crippen LogP contribution in [0.4, 0.5) is 0 Å². The van der Waals surface area contributed by atoms with Gasteiger partial charge in [-0.05, 0) is 24.1 Å². The van der Waals surface area contributed by atoms with E-state index in [2.05, 4.69) is 22.2 Å². The van der Waals surface area contributed by atoms with Crippen molar-refractivity contribution in [2.75, 3.05) is 6.54 Å². The second kappa shape index (κ2) is 7.15. The van der Waals surface area contributed by atoms with Crippen molar-refractivity contribution in [3.8, 4) is 0 Å². The van der Waals surface area contributed by atoms with Gasteiger partial charge >= 0.3 is 0 Å². The fraction of sp³-hybridized carbons (Fsp3) is 0.278. The van der Waals surface area contributed by atoms with Crippen LogP contribution in [0.5, 0.6) is 0 Å². The SMILES string of the molecule is O=C(CCNS(=O)(=O)c1ccccc1)N[C@H]1C[C@H]1c1ccccc1. The molecular formula is C18H20N2O3S. The maximum atomic E-state index is 12.0. The van der Waals surface area contributed by atoms with Gasteiger partial charge in [0.15, 0.2) is 0 Å². The number of hydrogen-bond acceptors (Lipinski definition) is 3. The summed E-state index contributed by atoms with van der Waals surface area (Å²) in [6, 6.07) is 18.4. The Kier molecular flexibility index (Phi) is 4.97. The van der Waals surface area contributed by atoms with Gasteiger partial charge in [-0.15, -0.1) is 0 Å². The lowest BCUT2D eigenvalue weighted by atomic mass is 10.1. The maximum absolute atomic E-state index is 12.0. The number of carbonyl (C=O) groups excluding carboxylic acids is 1. The zero-order valence-corrected chi connectivity index (χ0v) is 14.0. The smallest absolute Gasteiger partial charge is 0.240 e. The molecule has 1 aliphatic rings. The second-order valence-corrected chi connectivity index (χ2v) is 7.65. The van der Waals surface area contributed by atoms with E-state index in [1.807, 2.05) is 18.2 Å². The van der Waals surface area contributed by atoms with Gasteiger partial charge in [-0.3, -0.25) is 4.79 Å². The number of amides is 1. The number of benzene rings is 2. The number of hydrogen-bond donors (Lipinski definition) is 2. The second-order valence-electron chi connectivity index (χ2n) is 5.89. The first-order valence-electron chi connectivity index (χ1n) is 7.95. The molecule has 5 nitrogen and oxygen atoms in total. The van der Waals surface area contributed by atoms with Crippen LogP contribution in [0.2, 0.25) is 0 Å². The molecule has 1 aliphatic carbocycles. The van der Waals surface area contributed by atoms with E-state index in [0.29, 0.717) is 5.92 Å². The molecule has 0 radical (unpaired) electrons. The molecule has 0 aromatic heterocycles. The molecule has 0 heterocycles. The average molecular weight is 344 g/mol. The van der Waals surface area contributed by atoms with Crippen LogP contribution in [0.3, 0.4) is 0 Å². The van der Waals surface area contributed by atoms with E-state index in [1.54, 1.807) is 18.2 Å². The van der Waals surface area contributed by atoms with Crippen LogP contribution in [0.15, 0.2) is 65.6 Å². The number of carbonyl (C=O) groups is 1. The van der Waals surface area contributed by atoms with Crippen LogP contribution in [-0.2, 0) is 14.8 Å². The Bertz CT molecular complexity index is 792. The summed E-state index contributed by atoms with van der Waals surface area (Å²) in [5.74, 6) is 0.241. The van der Waals surface area contributed by atoms with Crippen LogP contribution >= 0.6 is 0 Å². The van der Waals surface area contributed by atoms with Crippen molar-refractivity contribution < 1.29 is 13.2 Å². The first-order valence-corrected chi connectivity index (χ1v) is 9.43. The third kappa shape index (κ3) is 4.21. The van der Waals surface area contributed by atoms with Gasteiger partial charge in [0, 0.05) is 24.9 Å². The quantitative estimate of drug-likeness (QED) is 0.807. The molecule has 0 unspecified atom stereocenters. The highest BCUT2D eigenvalue weighted by atomic mass is 32.2. The molecule has 2 aromatic rings. The molecule has 3 rings (SSSR count). The van der Waals surface area contributed by atoms with Crippen LogP contribution in [0.1, 0.15) is 24.3 Å². The van der Waals surface area contributed by atoms with Crippen LogP contribution in [0.25, 0.3) is 0 Å². The molecule has 0 spiro atoms. The van der Waals surface area contributed by atoms with Gasteiger partial charge in [-0.2, -0.15) is 0 Å². The summed E-state index contributed by atoms with van der Waals surface area (Å²) in [6.07, 6.45) is 1.07. The predicted octanol–water partition coefficient (Wildman–Crippen LogP) is 2.03. The van der Waals surface area contributed by atoms with Crippen LogP contribution in [-0.4, -0.2) is 26.9 Å². The number of sulfonamides is 1. The van der Waals surface area contributed by atoms with E-state index in [1.165, 1.54) is 17.7 Å².